The largest absolute Gasteiger partial charge is 0.298 e. The average molecular weight is 273 g/mol. The van der Waals surface area contributed by atoms with Crippen molar-refractivity contribution in [2.45, 2.75) is 24.7 Å². The van der Waals surface area contributed by atoms with E-state index in [-0.39, 0.29) is 5.78 Å². The summed E-state index contributed by atoms with van der Waals surface area (Å²) < 4.78 is 0. The molecule has 0 unspecified atom stereocenters. The predicted octanol–water partition coefficient (Wildman–Crippen LogP) is 3.04. The molecule has 0 atom stereocenters. The Hall–Kier alpha value is -0.280. The lowest BCUT2D eigenvalue weighted by Crippen LogP contribution is -2.04. The third kappa shape index (κ3) is 2.85. The van der Waals surface area contributed by atoms with E-state index in [0.29, 0.717) is 11.8 Å². The van der Waals surface area contributed by atoms with Gasteiger partial charge in [0.05, 0.1) is 5.33 Å². The number of benzene rings is 1. The molecule has 0 saturated carbocycles. The van der Waals surface area contributed by atoms with Gasteiger partial charge in [0.25, 0.3) is 0 Å². The molecule has 0 spiro atoms. The quantitative estimate of drug-likeness (QED) is 0.659. The number of Topliss-reactive ketones (excluding diaryl/α,β-unsaturated/α-hetero) is 1. The van der Waals surface area contributed by atoms with Gasteiger partial charge >= 0.3 is 0 Å². The Morgan fingerprint density at radius 3 is 2.64 bits per heavy atom. The molecule has 0 saturated heterocycles. The molecule has 1 rings (SSSR count). The first-order chi connectivity index (χ1) is 6.69. The van der Waals surface area contributed by atoms with Crippen LogP contribution >= 0.6 is 28.6 Å². The van der Waals surface area contributed by atoms with E-state index in [1.165, 1.54) is 5.56 Å². The smallest absolute Gasteiger partial charge is 0.147 e. The van der Waals surface area contributed by atoms with E-state index in [1.54, 1.807) is 0 Å². The standard InChI is InChI=1S/C11H13BrOS/c1-2-8-4-3-5-9(11(8)14)6-10(13)7-12/h3-5,14H,2,6-7H2,1H3. The van der Waals surface area contributed by atoms with E-state index < -0.39 is 0 Å². The van der Waals surface area contributed by atoms with Gasteiger partial charge < -0.3 is 0 Å². The lowest BCUT2D eigenvalue weighted by atomic mass is 10.0. The molecule has 0 amide bonds. The van der Waals surface area contributed by atoms with E-state index in [9.17, 15) is 4.79 Å². The number of thiol groups is 1. The maximum Gasteiger partial charge on any atom is 0.147 e. The van der Waals surface area contributed by atoms with E-state index in [4.69, 9.17) is 0 Å². The van der Waals surface area contributed by atoms with Gasteiger partial charge in [-0.1, -0.05) is 41.1 Å². The number of ketones is 1. The molecule has 1 aromatic rings. The van der Waals surface area contributed by atoms with Crippen molar-refractivity contribution in [2.75, 3.05) is 5.33 Å². The van der Waals surface area contributed by atoms with Gasteiger partial charge in [-0.2, -0.15) is 0 Å². The number of carbonyl (C=O) groups is 1. The molecule has 0 heterocycles. The lowest BCUT2D eigenvalue weighted by molar-refractivity contribution is -0.115. The Balaban J connectivity index is 2.92. The topological polar surface area (TPSA) is 17.1 Å². The van der Waals surface area contributed by atoms with Crippen molar-refractivity contribution in [3.8, 4) is 0 Å². The first-order valence-electron chi connectivity index (χ1n) is 4.56. The van der Waals surface area contributed by atoms with Gasteiger partial charge in [-0.3, -0.25) is 4.79 Å². The molecule has 14 heavy (non-hydrogen) atoms. The van der Waals surface area contributed by atoms with Crippen LogP contribution in [0.2, 0.25) is 0 Å². The molecule has 0 bridgehead atoms. The third-order valence-electron chi connectivity index (χ3n) is 2.12. The van der Waals surface area contributed by atoms with Crippen LogP contribution in [-0.2, 0) is 17.6 Å². The summed E-state index contributed by atoms with van der Waals surface area (Å²) in [5, 5.41) is 0.413. The van der Waals surface area contributed by atoms with Crippen LogP contribution in [0.1, 0.15) is 18.1 Å². The first-order valence-corrected chi connectivity index (χ1v) is 6.13. The molecular weight excluding hydrogens is 260 g/mol. The number of halogens is 1. The first kappa shape index (κ1) is 11.8. The van der Waals surface area contributed by atoms with Crippen molar-refractivity contribution in [1.29, 1.82) is 0 Å². The van der Waals surface area contributed by atoms with Crippen LogP contribution in [0.15, 0.2) is 23.1 Å². The van der Waals surface area contributed by atoms with Crippen molar-refractivity contribution < 1.29 is 4.79 Å². The van der Waals surface area contributed by atoms with Gasteiger partial charge in [-0.05, 0) is 17.5 Å². The van der Waals surface area contributed by atoms with Crippen molar-refractivity contribution in [2.24, 2.45) is 0 Å². The summed E-state index contributed by atoms with van der Waals surface area (Å²) in [7, 11) is 0. The molecule has 3 heteroatoms. The van der Waals surface area contributed by atoms with E-state index in [0.717, 1.165) is 16.9 Å². The fourth-order valence-corrected chi connectivity index (χ4v) is 1.92. The van der Waals surface area contributed by atoms with Crippen LogP contribution in [0.5, 0.6) is 0 Å². The van der Waals surface area contributed by atoms with Gasteiger partial charge in [0.2, 0.25) is 0 Å². The summed E-state index contributed by atoms with van der Waals surface area (Å²) in [5.41, 5.74) is 2.23. The molecule has 0 aliphatic carbocycles. The molecule has 0 radical (unpaired) electrons. The summed E-state index contributed by atoms with van der Waals surface area (Å²) in [5.74, 6) is 0.188. The summed E-state index contributed by atoms with van der Waals surface area (Å²) in [6, 6.07) is 5.99. The highest BCUT2D eigenvalue weighted by Gasteiger charge is 2.07. The van der Waals surface area contributed by atoms with Gasteiger partial charge in [-0.25, -0.2) is 0 Å². The van der Waals surface area contributed by atoms with Gasteiger partial charge in [0.1, 0.15) is 5.78 Å². The fourth-order valence-electron chi connectivity index (χ4n) is 1.33. The number of rotatable bonds is 4. The van der Waals surface area contributed by atoms with Crippen LogP contribution in [0.3, 0.4) is 0 Å². The van der Waals surface area contributed by atoms with Crippen LogP contribution in [-0.4, -0.2) is 11.1 Å². The maximum absolute atomic E-state index is 11.3. The van der Waals surface area contributed by atoms with Crippen LogP contribution in [0, 0.1) is 0 Å². The van der Waals surface area contributed by atoms with Gasteiger partial charge in [0, 0.05) is 11.3 Å². The van der Waals surface area contributed by atoms with Crippen molar-refractivity contribution >= 4 is 34.3 Å². The second kappa shape index (κ2) is 5.56. The zero-order valence-electron chi connectivity index (χ0n) is 8.09. The molecule has 1 nitrogen and oxygen atoms in total. The number of carbonyl (C=O) groups excluding carboxylic acids is 1. The second-order valence-corrected chi connectivity index (χ2v) is 4.14. The van der Waals surface area contributed by atoms with Crippen LogP contribution in [0.4, 0.5) is 0 Å². The normalized spacial score (nSPS) is 10.2. The Morgan fingerprint density at radius 2 is 2.07 bits per heavy atom. The summed E-state index contributed by atoms with van der Waals surface area (Å²) in [6.45, 7) is 2.09. The Kier molecular flexibility index (Phi) is 4.69. The molecule has 0 aliphatic rings. The van der Waals surface area contributed by atoms with Crippen molar-refractivity contribution in [3.05, 3.63) is 29.3 Å². The van der Waals surface area contributed by atoms with Crippen LogP contribution in [0.25, 0.3) is 0 Å². The molecule has 0 N–H and O–H groups in total. The van der Waals surface area contributed by atoms with Gasteiger partial charge in [0.15, 0.2) is 0 Å². The molecule has 0 fully saturated rings. The van der Waals surface area contributed by atoms with Crippen molar-refractivity contribution in [3.63, 3.8) is 0 Å². The minimum atomic E-state index is 0.188. The molecule has 0 aliphatic heterocycles. The zero-order chi connectivity index (χ0) is 10.6. The van der Waals surface area contributed by atoms with E-state index in [1.807, 2.05) is 18.2 Å². The highest BCUT2D eigenvalue weighted by Crippen LogP contribution is 2.20. The molecule has 76 valence electrons. The predicted molar refractivity (Wildman–Crippen MR) is 65.6 cm³/mol. The van der Waals surface area contributed by atoms with Crippen molar-refractivity contribution in [1.82, 2.24) is 0 Å². The molecular formula is C11H13BrOS. The highest BCUT2D eigenvalue weighted by atomic mass is 79.9. The monoisotopic (exact) mass is 272 g/mol. The fraction of sp³-hybridized carbons (Fsp3) is 0.364. The molecule has 1 aromatic carbocycles. The van der Waals surface area contributed by atoms with E-state index in [2.05, 4.69) is 35.5 Å². The third-order valence-corrected chi connectivity index (χ3v) is 3.32. The number of aryl methyl sites for hydroxylation is 1. The number of hydrogen-bond donors (Lipinski definition) is 1. The summed E-state index contributed by atoms with van der Waals surface area (Å²) >= 11 is 7.60. The summed E-state index contributed by atoms with van der Waals surface area (Å²) in [6.07, 6.45) is 1.42. The Bertz CT molecular complexity index is 336. The minimum absolute atomic E-state index is 0.188. The second-order valence-electron chi connectivity index (χ2n) is 3.13. The SMILES string of the molecule is CCc1cccc(CC(=O)CBr)c1S. The van der Waals surface area contributed by atoms with Crippen LogP contribution < -0.4 is 0 Å². The Labute approximate surface area is 98.4 Å². The van der Waals surface area contributed by atoms with E-state index >= 15 is 0 Å². The lowest BCUT2D eigenvalue weighted by Gasteiger charge is -2.07. The zero-order valence-corrected chi connectivity index (χ0v) is 10.6. The summed E-state index contributed by atoms with van der Waals surface area (Å²) in [4.78, 5) is 12.2. The maximum atomic E-state index is 11.3. The molecule has 0 aromatic heterocycles. The Morgan fingerprint density at radius 1 is 1.43 bits per heavy atom. The highest BCUT2D eigenvalue weighted by molar-refractivity contribution is 9.09. The number of hydrogen-bond acceptors (Lipinski definition) is 2. The minimum Gasteiger partial charge on any atom is -0.298 e. The number of alkyl halides is 1. The average Bonchev–Trinajstić information content (AvgIpc) is 2.21. The van der Waals surface area contributed by atoms with Gasteiger partial charge in [-0.15, -0.1) is 12.6 Å².